The Morgan fingerprint density at radius 1 is 0.962 bits per heavy atom. The topological polar surface area (TPSA) is 15.7 Å². The van der Waals surface area contributed by atoms with Gasteiger partial charge < -0.3 is 9.64 Å². The number of aryl methyl sites for hydroxylation is 1. The predicted octanol–water partition coefficient (Wildman–Crippen LogP) is 4.74. The fourth-order valence-electron chi connectivity index (χ4n) is 3.14. The minimum atomic E-state index is 0.925. The van der Waals surface area contributed by atoms with E-state index in [1.54, 1.807) is 7.11 Å². The first-order valence-corrected chi connectivity index (χ1v) is 9.70. The Hall–Kier alpha value is -1.84. The summed E-state index contributed by atoms with van der Waals surface area (Å²) in [6.07, 6.45) is 2.83. The zero-order valence-corrected chi connectivity index (χ0v) is 16.9. The molecule has 0 N–H and O–H groups in total. The molecule has 2 aromatic rings. The minimum Gasteiger partial charge on any atom is -0.497 e. The molecule has 0 spiro atoms. The summed E-state index contributed by atoms with van der Waals surface area (Å²) in [7, 11) is 3.88. The van der Waals surface area contributed by atoms with Gasteiger partial charge in [-0.3, -0.25) is 4.90 Å². The van der Waals surface area contributed by atoms with Gasteiger partial charge in [0.25, 0.3) is 0 Å². The van der Waals surface area contributed by atoms with Crippen LogP contribution in [0.4, 0.5) is 0 Å². The lowest BCUT2D eigenvalue weighted by Gasteiger charge is -2.21. The van der Waals surface area contributed by atoms with E-state index in [1.165, 1.54) is 42.6 Å². The van der Waals surface area contributed by atoms with E-state index in [0.29, 0.717) is 0 Å². The lowest BCUT2D eigenvalue weighted by Crippen LogP contribution is -2.22. The van der Waals surface area contributed by atoms with Gasteiger partial charge in [0, 0.05) is 13.1 Å². The highest BCUT2D eigenvalue weighted by Crippen LogP contribution is 2.16. The van der Waals surface area contributed by atoms with Gasteiger partial charge in [-0.2, -0.15) is 0 Å². The molecule has 1 aliphatic rings. The first-order valence-electron chi connectivity index (χ1n) is 9.70. The molecule has 0 amide bonds. The molecule has 1 saturated heterocycles. The Kier molecular flexibility index (Phi) is 8.66. The molecule has 142 valence electrons. The first kappa shape index (κ1) is 20.5. The fourth-order valence-corrected chi connectivity index (χ4v) is 3.14. The monoisotopic (exact) mass is 354 g/mol. The summed E-state index contributed by atoms with van der Waals surface area (Å²) in [5.41, 5.74) is 3.96. The number of benzene rings is 2. The van der Waals surface area contributed by atoms with Gasteiger partial charge in [0.15, 0.2) is 0 Å². The van der Waals surface area contributed by atoms with Crippen LogP contribution in [0.5, 0.6) is 5.75 Å². The van der Waals surface area contributed by atoms with E-state index in [4.69, 9.17) is 4.74 Å². The van der Waals surface area contributed by atoms with E-state index in [2.05, 4.69) is 67.1 Å². The zero-order valence-electron chi connectivity index (χ0n) is 16.9. The number of likely N-dealkylation sites (tertiary alicyclic amines) is 1. The van der Waals surface area contributed by atoms with Gasteiger partial charge in [0.2, 0.25) is 0 Å². The molecule has 0 unspecified atom stereocenters. The molecule has 1 heterocycles. The van der Waals surface area contributed by atoms with Gasteiger partial charge in [-0.1, -0.05) is 48.9 Å². The Morgan fingerprint density at radius 2 is 1.62 bits per heavy atom. The molecule has 0 bridgehead atoms. The Labute approximate surface area is 159 Å². The minimum absolute atomic E-state index is 0.925. The van der Waals surface area contributed by atoms with E-state index < -0.39 is 0 Å². The van der Waals surface area contributed by atoms with Gasteiger partial charge in [0.1, 0.15) is 5.75 Å². The van der Waals surface area contributed by atoms with E-state index in [-0.39, 0.29) is 0 Å². The molecule has 3 nitrogen and oxygen atoms in total. The van der Waals surface area contributed by atoms with Crippen LogP contribution in [-0.2, 0) is 13.1 Å². The molecular formula is C23H34N2O. The second-order valence-corrected chi connectivity index (χ2v) is 7.15. The molecule has 26 heavy (non-hydrogen) atoms. The highest BCUT2D eigenvalue weighted by atomic mass is 16.5. The van der Waals surface area contributed by atoms with Gasteiger partial charge in [0.05, 0.1) is 7.11 Å². The smallest absolute Gasteiger partial charge is 0.119 e. The maximum atomic E-state index is 5.28. The lowest BCUT2D eigenvalue weighted by atomic mass is 10.1. The van der Waals surface area contributed by atoms with E-state index in [0.717, 1.165) is 25.4 Å². The molecule has 0 radical (unpaired) electrons. The van der Waals surface area contributed by atoms with E-state index in [9.17, 15) is 0 Å². The normalized spacial score (nSPS) is 14.2. The van der Waals surface area contributed by atoms with Crippen molar-refractivity contribution in [2.24, 2.45) is 0 Å². The second kappa shape index (κ2) is 11.0. The van der Waals surface area contributed by atoms with Gasteiger partial charge in [-0.15, -0.1) is 0 Å². The van der Waals surface area contributed by atoms with Crippen LogP contribution in [0.15, 0.2) is 48.5 Å². The van der Waals surface area contributed by atoms with Crippen LogP contribution in [0, 0.1) is 6.92 Å². The van der Waals surface area contributed by atoms with E-state index in [1.807, 2.05) is 12.1 Å². The average Bonchev–Trinajstić information content (AvgIpc) is 3.14. The molecule has 3 rings (SSSR count). The maximum Gasteiger partial charge on any atom is 0.119 e. The van der Waals surface area contributed by atoms with Crippen molar-refractivity contribution in [1.82, 2.24) is 9.80 Å². The molecule has 0 aliphatic carbocycles. The van der Waals surface area contributed by atoms with Crippen molar-refractivity contribution in [2.75, 3.05) is 33.8 Å². The van der Waals surface area contributed by atoms with Crippen LogP contribution in [0.25, 0.3) is 0 Å². The summed E-state index contributed by atoms with van der Waals surface area (Å²) >= 11 is 0. The van der Waals surface area contributed by atoms with Crippen molar-refractivity contribution >= 4 is 0 Å². The van der Waals surface area contributed by atoms with Crippen molar-refractivity contribution in [3.05, 3.63) is 65.2 Å². The standard InChI is InChI=1S/C18H23NO.C5H11N/c1-4-19(13-16-10-8-15(2)9-11-16)14-17-6-5-7-18(12-17)20-3;1-6-4-2-3-5-6/h5-12H,4,13-14H2,1-3H3;2-5H2,1H3. The molecule has 3 heteroatoms. The predicted molar refractivity (Wildman–Crippen MR) is 111 cm³/mol. The van der Waals surface area contributed by atoms with Crippen LogP contribution in [0.1, 0.15) is 36.5 Å². The molecule has 1 aliphatic heterocycles. The fraction of sp³-hybridized carbons (Fsp3) is 0.478. The van der Waals surface area contributed by atoms with Crippen molar-refractivity contribution in [3.63, 3.8) is 0 Å². The molecule has 0 aromatic heterocycles. The third-order valence-electron chi connectivity index (χ3n) is 4.84. The molecule has 0 atom stereocenters. The molecular weight excluding hydrogens is 320 g/mol. The third kappa shape index (κ3) is 7.19. The van der Waals surface area contributed by atoms with Crippen molar-refractivity contribution < 1.29 is 4.74 Å². The van der Waals surface area contributed by atoms with Gasteiger partial charge in [-0.05, 0) is 69.7 Å². The van der Waals surface area contributed by atoms with Crippen LogP contribution in [0.3, 0.4) is 0 Å². The van der Waals surface area contributed by atoms with Crippen molar-refractivity contribution in [1.29, 1.82) is 0 Å². The Morgan fingerprint density at radius 3 is 2.15 bits per heavy atom. The Bertz CT molecular complexity index is 633. The van der Waals surface area contributed by atoms with Crippen LogP contribution in [-0.4, -0.2) is 43.6 Å². The summed E-state index contributed by atoms with van der Waals surface area (Å²) in [6.45, 7) is 9.92. The van der Waals surface area contributed by atoms with Crippen LogP contribution >= 0.6 is 0 Å². The number of rotatable bonds is 6. The third-order valence-corrected chi connectivity index (χ3v) is 4.84. The van der Waals surface area contributed by atoms with Gasteiger partial charge >= 0.3 is 0 Å². The van der Waals surface area contributed by atoms with Crippen molar-refractivity contribution in [2.45, 2.75) is 39.8 Å². The number of hydrogen-bond acceptors (Lipinski definition) is 3. The summed E-state index contributed by atoms with van der Waals surface area (Å²) in [5.74, 6) is 0.925. The Balaban J connectivity index is 0.000000342. The summed E-state index contributed by atoms with van der Waals surface area (Å²) in [6, 6.07) is 17.1. The SMILES string of the molecule is CCN(Cc1ccc(C)cc1)Cc1cccc(OC)c1.CN1CCCC1. The van der Waals surface area contributed by atoms with Crippen LogP contribution in [0.2, 0.25) is 0 Å². The molecule has 0 saturated carbocycles. The molecule has 1 fully saturated rings. The second-order valence-electron chi connectivity index (χ2n) is 7.15. The quantitative estimate of drug-likeness (QED) is 0.745. The lowest BCUT2D eigenvalue weighted by molar-refractivity contribution is 0.271. The highest BCUT2D eigenvalue weighted by Gasteiger charge is 2.06. The molecule has 2 aromatic carbocycles. The average molecular weight is 355 g/mol. The summed E-state index contributed by atoms with van der Waals surface area (Å²) < 4.78 is 5.28. The van der Waals surface area contributed by atoms with Gasteiger partial charge in [-0.25, -0.2) is 0 Å². The maximum absolute atomic E-state index is 5.28. The first-order chi connectivity index (χ1) is 12.6. The number of hydrogen-bond donors (Lipinski definition) is 0. The highest BCUT2D eigenvalue weighted by molar-refractivity contribution is 5.28. The van der Waals surface area contributed by atoms with E-state index >= 15 is 0 Å². The number of nitrogens with zero attached hydrogens (tertiary/aromatic N) is 2. The largest absolute Gasteiger partial charge is 0.497 e. The number of ether oxygens (including phenoxy) is 1. The van der Waals surface area contributed by atoms with Crippen molar-refractivity contribution in [3.8, 4) is 5.75 Å². The number of methoxy groups -OCH3 is 1. The summed E-state index contributed by atoms with van der Waals surface area (Å²) in [5, 5.41) is 0. The summed E-state index contributed by atoms with van der Waals surface area (Å²) in [4.78, 5) is 4.79. The van der Waals surface area contributed by atoms with Crippen LogP contribution < -0.4 is 4.74 Å². The zero-order chi connectivity index (χ0) is 18.8.